The Morgan fingerprint density at radius 1 is 1.17 bits per heavy atom. The highest BCUT2D eigenvalue weighted by atomic mass is 35.5. The number of hydrogen-bond acceptors (Lipinski definition) is 5. The first-order valence-electron chi connectivity index (χ1n) is 9.65. The monoisotopic (exact) mass is 435 g/mol. The summed E-state index contributed by atoms with van der Waals surface area (Å²) in [6.07, 6.45) is 3.71. The fourth-order valence-corrected chi connectivity index (χ4v) is 4.26. The number of nitrogens with one attached hydrogen (secondary N) is 1. The fourth-order valence-electron chi connectivity index (χ4n) is 3.34. The molecule has 8 heteroatoms. The SMILES string of the molecule is Cc1ccc(-n2ncc(C(=O)Nc3nnc(-c4ccccc4)s3)c2C2CC2)cc1Cl. The number of nitrogens with zero attached hydrogens (tertiary/aromatic N) is 4. The Bertz CT molecular complexity index is 1230. The number of carbonyl (C=O) groups is 1. The van der Waals surface area contributed by atoms with Gasteiger partial charge >= 0.3 is 0 Å². The number of anilines is 1. The minimum absolute atomic E-state index is 0.225. The lowest BCUT2D eigenvalue weighted by Crippen LogP contribution is -2.14. The van der Waals surface area contributed by atoms with Gasteiger partial charge < -0.3 is 0 Å². The molecule has 1 amide bonds. The van der Waals surface area contributed by atoms with E-state index in [9.17, 15) is 4.79 Å². The number of halogens is 1. The number of rotatable bonds is 5. The van der Waals surface area contributed by atoms with Crippen LogP contribution in [0.25, 0.3) is 16.3 Å². The molecule has 0 unspecified atom stereocenters. The number of carbonyl (C=O) groups excluding carboxylic acids is 1. The second-order valence-electron chi connectivity index (χ2n) is 7.30. The maximum atomic E-state index is 13.0. The first-order chi connectivity index (χ1) is 14.6. The largest absolute Gasteiger partial charge is 0.296 e. The van der Waals surface area contributed by atoms with Crippen LogP contribution in [0.2, 0.25) is 5.02 Å². The van der Waals surface area contributed by atoms with Gasteiger partial charge in [-0.15, -0.1) is 10.2 Å². The molecule has 0 saturated heterocycles. The number of hydrogen-bond donors (Lipinski definition) is 1. The average Bonchev–Trinajstić information content (AvgIpc) is 3.32. The van der Waals surface area contributed by atoms with Crippen LogP contribution in [0.15, 0.2) is 54.7 Å². The van der Waals surface area contributed by atoms with Gasteiger partial charge in [0.25, 0.3) is 5.91 Å². The molecule has 0 atom stereocenters. The average molecular weight is 436 g/mol. The summed E-state index contributed by atoms with van der Waals surface area (Å²) in [5.41, 5.74) is 4.31. The van der Waals surface area contributed by atoms with E-state index in [-0.39, 0.29) is 5.91 Å². The molecule has 1 N–H and O–H groups in total. The lowest BCUT2D eigenvalue weighted by Gasteiger charge is -2.10. The first-order valence-corrected chi connectivity index (χ1v) is 10.8. The van der Waals surface area contributed by atoms with Crippen molar-refractivity contribution >= 4 is 34.0 Å². The minimum Gasteiger partial charge on any atom is -0.296 e. The van der Waals surface area contributed by atoms with Crippen LogP contribution in [0.3, 0.4) is 0 Å². The molecule has 1 aliphatic carbocycles. The maximum Gasteiger partial charge on any atom is 0.260 e. The van der Waals surface area contributed by atoms with Crippen LogP contribution < -0.4 is 5.32 Å². The van der Waals surface area contributed by atoms with Gasteiger partial charge in [0, 0.05) is 16.5 Å². The first kappa shape index (κ1) is 19.0. The van der Waals surface area contributed by atoms with E-state index in [2.05, 4.69) is 20.6 Å². The molecule has 0 radical (unpaired) electrons. The predicted molar refractivity (Wildman–Crippen MR) is 119 cm³/mol. The Balaban J connectivity index is 1.43. The van der Waals surface area contributed by atoms with Gasteiger partial charge in [0.05, 0.1) is 23.1 Å². The van der Waals surface area contributed by atoms with E-state index in [1.807, 2.05) is 60.1 Å². The lowest BCUT2D eigenvalue weighted by atomic mass is 10.1. The van der Waals surface area contributed by atoms with Crippen molar-refractivity contribution in [3.05, 3.63) is 76.6 Å². The number of benzene rings is 2. The summed E-state index contributed by atoms with van der Waals surface area (Å²) in [6.45, 7) is 1.96. The van der Waals surface area contributed by atoms with Gasteiger partial charge in [0.2, 0.25) is 5.13 Å². The second kappa shape index (κ2) is 7.66. The summed E-state index contributed by atoms with van der Waals surface area (Å²) in [7, 11) is 0. The van der Waals surface area contributed by atoms with Crippen LogP contribution in [-0.4, -0.2) is 25.9 Å². The van der Waals surface area contributed by atoms with Crippen LogP contribution in [0.5, 0.6) is 0 Å². The molecule has 0 aliphatic heterocycles. The molecule has 1 fully saturated rings. The summed E-state index contributed by atoms with van der Waals surface area (Å²) in [5.74, 6) is 0.0970. The Morgan fingerprint density at radius 2 is 1.97 bits per heavy atom. The van der Waals surface area contributed by atoms with Gasteiger partial charge in [0.15, 0.2) is 0 Å². The van der Waals surface area contributed by atoms with Crippen molar-refractivity contribution in [2.45, 2.75) is 25.7 Å². The van der Waals surface area contributed by atoms with Crippen molar-refractivity contribution in [1.82, 2.24) is 20.0 Å². The quantitative estimate of drug-likeness (QED) is 0.450. The minimum atomic E-state index is -0.225. The molecule has 5 rings (SSSR count). The number of amides is 1. The number of aromatic nitrogens is 4. The molecular weight excluding hydrogens is 418 g/mol. The normalized spacial score (nSPS) is 13.4. The topological polar surface area (TPSA) is 72.7 Å². The van der Waals surface area contributed by atoms with Gasteiger partial charge in [-0.3, -0.25) is 10.1 Å². The maximum absolute atomic E-state index is 13.0. The fraction of sp³-hybridized carbons (Fsp3) is 0.182. The van der Waals surface area contributed by atoms with Crippen molar-refractivity contribution in [3.63, 3.8) is 0 Å². The zero-order valence-corrected chi connectivity index (χ0v) is 17.7. The number of aryl methyl sites for hydroxylation is 1. The zero-order valence-electron chi connectivity index (χ0n) is 16.2. The van der Waals surface area contributed by atoms with Gasteiger partial charge in [-0.1, -0.05) is 59.3 Å². The highest BCUT2D eigenvalue weighted by molar-refractivity contribution is 7.18. The third-order valence-electron chi connectivity index (χ3n) is 5.08. The van der Waals surface area contributed by atoms with E-state index in [1.165, 1.54) is 11.3 Å². The molecule has 150 valence electrons. The molecule has 1 aliphatic rings. The van der Waals surface area contributed by atoms with E-state index in [4.69, 9.17) is 11.6 Å². The molecule has 30 heavy (non-hydrogen) atoms. The third kappa shape index (κ3) is 3.62. The lowest BCUT2D eigenvalue weighted by molar-refractivity contribution is 0.102. The standard InChI is InChI=1S/C22H18ClN5OS/c1-13-7-10-16(11-18(13)23)28-19(14-8-9-14)17(12-24-28)20(29)25-22-27-26-21(30-22)15-5-3-2-4-6-15/h2-7,10-12,14H,8-9H2,1H3,(H,25,27,29). The van der Waals surface area contributed by atoms with Crippen LogP contribution in [0, 0.1) is 6.92 Å². The van der Waals surface area contributed by atoms with E-state index in [0.29, 0.717) is 21.6 Å². The molecule has 2 aromatic carbocycles. The molecule has 0 bridgehead atoms. The van der Waals surface area contributed by atoms with Crippen molar-refractivity contribution in [2.75, 3.05) is 5.32 Å². The highest BCUT2D eigenvalue weighted by Gasteiger charge is 2.33. The molecule has 6 nitrogen and oxygen atoms in total. The molecule has 0 spiro atoms. The summed E-state index contributed by atoms with van der Waals surface area (Å²) >= 11 is 7.65. The van der Waals surface area contributed by atoms with Gasteiger partial charge in [-0.05, 0) is 37.5 Å². The van der Waals surface area contributed by atoms with Crippen LogP contribution >= 0.6 is 22.9 Å². The van der Waals surface area contributed by atoms with Gasteiger partial charge in [-0.25, -0.2) is 4.68 Å². The molecular formula is C22H18ClN5OS. The van der Waals surface area contributed by atoms with E-state index in [1.54, 1.807) is 6.20 Å². The Hall–Kier alpha value is -3.03. The molecule has 1 saturated carbocycles. The predicted octanol–water partition coefficient (Wildman–Crippen LogP) is 5.48. The van der Waals surface area contributed by atoms with E-state index < -0.39 is 0 Å². The molecule has 2 aromatic heterocycles. The smallest absolute Gasteiger partial charge is 0.260 e. The third-order valence-corrected chi connectivity index (χ3v) is 6.38. The van der Waals surface area contributed by atoms with Crippen molar-refractivity contribution in [2.24, 2.45) is 0 Å². The Kier molecular flexibility index (Phi) is 4.84. The zero-order chi connectivity index (χ0) is 20.7. The Morgan fingerprint density at radius 3 is 2.70 bits per heavy atom. The van der Waals surface area contributed by atoms with E-state index >= 15 is 0 Å². The Labute approximate surface area is 182 Å². The summed E-state index contributed by atoms with van der Waals surface area (Å²) in [6, 6.07) is 15.6. The highest BCUT2D eigenvalue weighted by Crippen LogP contribution is 2.43. The van der Waals surface area contributed by atoms with Crippen molar-refractivity contribution < 1.29 is 4.79 Å². The van der Waals surface area contributed by atoms with E-state index in [0.717, 1.165) is 40.4 Å². The van der Waals surface area contributed by atoms with Crippen molar-refractivity contribution in [3.8, 4) is 16.3 Å². The van der Waals surface area contributed by atoms with Gasteiger partial charge in [-0.2, -0.15) is 5.10 Å². The molecule has 2 heterocycles. The summed E-state index contributed by atoms with van der Waals surface area (Å²) in [4.78, 5) is 13.0. The van der Waals surface area contributed by atoms with Crippen molar-refractivity contribution in [1.29, 1.82) is 0 Å². The van der Waals surface area contributed by atoms with Crippen LogP contribution in [-0.2, 0) is 0 Å². The van der Waals surface area contributed by atoms with Crippen LogP contribution in [0.1, 0.15) is 40.4 Å². The second-order valence-corrected chi connectivity index (χ2v) is 8.68. The summed E-state index contributed by atoms with van der Waals surface area (Å²) < 4.78 is 1.83. The van der Waals surface area contributed by atoms with Gasteiger partial charge in [0.1, 0.15) is 5.01 Å². The summed E-state index contributed by atoms with van der Waals surface area (Å²) in [5, 5.41) is 17.6. The van der Waals surface area contributed by atoms with Crippen LogP contribution in [0.4, 0.5) is 5.13 Å². The molecule has 4 aromatic rings.